The zero-order valence-corrected chi connectivity index (χ0v) is 7.17. The lowest BCUT2D eigenvalue weighted by molar-refractivity contribution is -0.868. The van der Waals surface area contributed by atoms with Crippen LogP contribution in [-0.4, -0.2) is 30.6 Å². The molecule has 0 aromatic rings. The summed E-state index contributed by atoms with van der Waals surface area (Å²) in [5, 5.41) is 11.4. The molecule has 2 unspecified atom stereocenters. The molecule has 1 rings (SSSR count). The summed E-state index contributed by atoms with van der Waals surface area (Å²) in [5.74, 6) is 0.191. The molecule has 0 amide bonds. The smallest absolute Gasteiger partial charge is 0.138 e. The molecule has 1 saturated heterocycles. The lowest BCUT2D eigenvalue weighted by Crippen LogP contribution is -2.47. The first-order chi connectivity index (χ1) is 5.01. The van der Waals surface area contributed by atoms with Crippen LogP contribution in [0.5, 0.6) is 0 Å². The Morgan fingerprint density at radius 2 is 2.27 bits per heavy atom. The minimum Gasteiger partial charge on any atom is -0.633 e. The van der Waals surface area contributed by atoms with Crippen LogP contribution < -0.4 is 0 Å². The zero-order valence-electron chi connectivity index (χ0n) is 7.17. The van der Waals surface area contributed by atoms with Gasteiger partial charge in [-0.3, -0.25) is 4.79 Å². The molecule has 64 valence electrons. The third kappa shape index (κ3) is 2.27. The van der Waals surface area contributed by atoms with Gasteiger partial charge in [-0.2, -0.15) is 0 Å². The van der Waals surface area contributed by atoms with E-state index in [1.807, 2.05) is 0 Å². The average molecular weight is 157 g/mol. The minimum absolute atomic E-state index is 0.0197. The molecular formula is C8H15NO2. The van der Waals surface area contributed by atoms with Crippen LogP contribution in [0.3, 0.4) is 0 Å². The first-order valence-electron chi connectivity index (χ1n) is 4.07. The van der Waals surface area contributed by atoms with Gasteiger partial charge in [0.2, 0.25) is 0 Å². The van der Waals surface area contributed by atoms with Crippen LogP contribution in [0.15, 0.2) is 0 Å². The van der Waals surface area contributed by atoms with E-state index in [0.717, 1.165) is 12.8 Å². The molecule has 0 bridgehead atoms. The number of rotatable bonds is 1. The van der Waals surface area contributed by atoms with Gasteiger partial charge < -0.3 is 9.85 Å². The van der Waals surface area contributed by atoms with Crippen LogP contribution >= 0.6 is 0 Å². The maximum Gasteiger partial charge on any atom is 0.138 e. The normalized spacial score (nSPS) is 38.6. The van der Waals surface area contributed by atoms with E-state index < -0.39 is 0 Å². The van der Waals surface area contributed by atoms with E-state index in [2.05, 4.69) is 0 Å². The van der Waals surface area contributed by atoms with Gasteiger partial charge in [0.25, 0.3) is 0 Å². The quantitative estimate of drug-likeness (QED) is 0.419. The third-order valence-corrected chi connectivity index (χ3v) is 2.37. The second-order valence-electron chi connectivity index (χ2n) is 3.65. The number of carbonyl (C=O) groups excluding carboxylic acids is 1. The van der Waals surface area contributed by atoms with Gasteiger partial charge in [-0.25, -0.2) is 0 Å². The Balaban J connectivity index is 2.53. The number of ketones is 1. The highest BCUT2D eigenvalue weighted by atomic mass is 16.5. The molecule has 2 atom stereocenters. The van der Waals surface area contributed by atoms with E-state index in [0.29, 0.717) is 13.1 Å². The molecule has 1 heterocycles. The average Bonchev–Trinajstić information content (AvgIpc) is 1.85. The van der Waals surface area contributed by atoms with Gasteiger partial charge in [0.15, 0.2) is 0 Å². The number of likely N-dealkylation sites (tertiary alicyclic amines) is 1. The molecule has 1 aliphatic heterocycles. The summed E-state index contributed by atoms with van der Waals surface area (Å²) in [6.07, 6.45) is 1.80. The van der Waals surface area contributed by atoms with Crippen LogP contribution in [0.25, 0.3) is 0 Å². The molecule has 1 aliphatic rings. The maximum absolute atomic E-state index is 11.4. The predicted molar refractivity (Wildman–Crippen MR) is 42.7 cm³/mol. The van der Waals surface area contributed by atoms with Gasteiger partial charge in [-0.05, 0) is 19.8 Å². The Morgan fingerprint density at radius 3 is 2.64 bits per heavy atom. The van der Waals surface area contributed by atoms with Crippen LogP contribution in [-0.2, 0) is 4.79 Å². The van der Waals surface area contributed by atoms with E-state index in [1.54, 1.807) is 14.0 Å². The number of hydroxylamine groups is 3. The summed E-state index contributed by atoms with van der Waals surface area (Å²) in [5.41, 5.74) is 0. The number of carbonyl (C=O) groups is 1. The van der Waals surface area contributed by atoms with E-state index >= 15 is 0 Å². The van der Waals surface area contributed by atoms with Crippen LogP contribution in [0.1, 0.15) is 19.8 Å². The zero-order chi connectivity index (χ0) is 8.48. The molecule has 11 heavy (non-hydrogen) atoms. The molecule has 0 radical (unpaired) electrons. The van der Waals surface area contributed by atoms with Crippen molar-refractivity contribution < 1.29 is 9.44 Å². The second kappa shape index (κ2) is 2.91. The molecular weight excluding hydrogens is 142 g/mol. The highest BCUT2D eigenvalue weighted by Gasteiger charge is 2.27. The van der Waals surface area contributed by atoms with Gasteiger partial charge in [-0.15, -0.1) is 0 Å². The van der Waals surface area contributed by atoms with Gasteiger partial charge in [0.1, 0.15) is 5.78 Å². The molecule has 0 saturated carbocycles. The summed E-state index contributed by atoms with van der Waals surface area (Å²) in [6.45, 7) is 2.73. The van der Waals surface area contributed by atoms with Crippen LogP contribution in [0.4, 0.5) is 0 Å². The van der Waals surface area contributed by atoms with Crippen LogP contribution in [0.2, 0.25) is 0 Å². The molecule has 0 aliphatic carbocycles. The molecule has 0 aromatic carbocycles. The molecule has 3 nitrogen and oxygen atoms in total. The maximum atomic E-state index is 11.4. The minimum atomic E-state index is -0.232. The Morgan fingerprint density at radius 1 is 1.64 bits per heavy atom. The van der Waals surface area contributed by atoms with E-state index in [-0.39, 0.29) is 16.3 Å². The number of nitrogens with zero attached hydrogens (tertiary/aromatic N) is 1. The summed E-state index contributed by atoms with van der Waals surface area (Å²) in [6, 6.07) is 0. The van der Waals surface area contributed by atoms with Crippen molar-refractivity contribution in [3.63, 3.8) is 0 Å². The Bertz CT molecular complexity index is 165. The van der Waals surface area contributed by atoms with Gasteiger partial charge >= 0.3 is 0 Å². The molecule has 0 N–H and O–H groups in total. The fraction of sp³-hybridized carbons (Fsp3) is 0.875. The predicted octanol–water partition coefficient (Wildman–Crippen LogP) is 0.930. The number of piperidine rings is 1. The Kier molecular flexibility index (Phi) is 2.30. The summed E-state index contributed by atoms with van der Waals surface area (Å²) >= 11 is 0. The summed E-state index contributed by atoms with van der Waals surface area (Å²) in [4.78, 5) is 10.9. The van der Waals surface area contributed by atoms with E-state index in [1.165, 1.54) is 0 Å². The first-order valence-corrected chi connectivity index (χ1v) is 4.07. The van der Waals surface area contributed by atoms with Crippen LogP contribution in [0, 0.1) is 11.1 Å². The lowest BCUT2D eigenvalue weighted by Gasteiger charge is -2.44. The van der Waals surface area contributed by atoms with Crippen molar-refractivity contribution in [1.82, 2.24) is 0 Å². The van der Waals surface area contributed by atoms with Crippen molar-refractivity contribution in [1.29, 1.82) is 0 Å². The standard InChI is InChI=1S/C8H15NO2/c1-7(10)8-4-3-5-9(2,11)6-8/h8H,3-6H2,1-2H3. The van der Waals surface area contributed by atoms with Gasteiger partial charge in [0, 0.05) is 0 Å². The molecule has 0 spiro atoms. The molecule has 3 heteroatoms. The number of Topliss-reactive ketones (excluding diaryl/α,β-unsaturated/α-hetero) is 1. The SMILES string of the molecule is CC(=O)C1CCC[N+](C)([O-])C1. The lowest BCUT2D eigenvalue weighted by atomic mass is 9.95. The fourth-order valence-electron chi connectivity index (χ4n) is 1.65. The molecule has 0 aromatic heterocycles. The fourth-order valence-corrected chi connectivity index (χ4v) is 1.65. The van der Waals surface area contributed by atoms with Crippen molar-refractivity contribution >= 4 is 5.78 Å². The Hall–Kier alpha value is -0.410. The number of quaternary nitrogens is 1. The monoisotopic (exact) mass is 157 g/mol. The van der Waals surface area contributed by atoms with Crippen molar-refractivity contribution in [3.05, 3.63) is 5.21 Å². The van der Waals surface area contributed by atoms with E-state index in [4.69, 9.17) is 0 Å². The Labute approximate surface area is 67.2 Å². The van der Waals surface area contributed by atoms with Crippen molar-refractivity contribution in [2.45, 2.75) is 19.8 Å². The van der Waals surface area contributed by atoms with Crippen molar-refractivity contribution in [3.8, 4) is 0 Å². The van der Waals surface area contributed by atoms with Gasteiger partial charge in [0.05, 0.1) is 26.1 Å². The summed E-state index contributed by atoms with van der Waals surface area (Å²) in [7, 11) is 1.65. The van der Waals surface area contributed by atoms with Gasteiger partial charge in [-0.1, -0.05) is 0 Å². The van der Waals surface area contributed by atoms with Crippen molar-refractivity contribution in [2.24, 2.45) is 5.92 Å². The summed E-state index contributed by atoms with van der Waals surface area (Å²) < 4.78 is -0.232. The topological polar surface area (TPSA) is 40.1 Å². The number of hydrogen-bond donors (Lipinski definition) is 0. The van der Waals surface area contributed by atoms with E-state index in [9.17, 15) is 10.0 Å². The largest absolute Gasteiger partial charge is 0.633 e. The highest BCUT2D eigenvalue weighted by Crippen LogP contribution is 2.20. The second-order valence-corrected chi connectivity index (χ2v) is 3.65. The third-order valence-electron chi connectivity index (χ3n) is 2.37. The molecule has 1 fully saturated rings. The van der Waals surface area contributed by atoms with Crippen molar-refractivity contribution in [2.75, 3.05) is 20.1 Å². The first kappa shape index (κ1) is 8.68. The number of hydrogen-bond acceptors (Lipinski definition) is 2. The highest BCUT2D eigenvalue weighted by molar-refractivity contribution is 5.78.